The molecule has 0 radical (unpaired) electrons. The van der Waals surface area contributed by atoms with Gasteiger partial charge in [0, 0.05) is 43.4 Å². The summed E-state index contributed by atoms with van der Waals surface area (Å²) in [5.41, 5.74) is 4.65. The van der Waals surface area contributed by atoms with Gasteiger partial charge >= 0.3 is 0 Å². The van der Waals surface area contributed by atoms with Crippen LogP contribution in [0.15, 0.2) is 52.7 Å². The highest BCUT2D eigenvalue weighted by atomic mass is 32.1. The predicted octanol–water partition coefficient (Wildman–Crippen LogP) is 3.75. The Balaban J connectivity index is 1.35. The summed E-state index contributed by atoms with van der Waals surface area (Å²) < 4.78 is 5.41. The second kappa shape index (κ2) is 6.51. The third-order valence-electron chi connectivity index (χ3n) is 4.63. The third kappa shape index (κ3) is 2.85. The molecule has 4 aromatic heterocycles. The molecule has 0 atom stereocenters. The minimum Gasteiger partial charge on any atom is -0.461 e. The van der Waals surface area contributed by atoms with Crippen LogP contribution in [0.4, 0.5) is 0 Å². The van der Waals surface area contributed by atoms with E-state index in [0.29, 0.717) is 11.6 Å². The van der Waals surface area contributed by atoms with Crippen LogP contribution in [0.2, 0.25) is 0 Å². The van der Waals surface area contributed by atoms with Gasteiger partial charge in [-0.05, 0) is 23.6 Å². The maximum atomic E-state index is 5.41. The average Bonchev–Trinajstić information content (AvgIpc) is 3.42. The molecule has 0 saturated heterocycles. The lowest BCUT2D eigenvalue weighted by Crippen LogP contribution is -2.31. The van der Waals surface area contributed by atoms with E-state index in [-0.39, 0.29) is 0 Å². The van der Waals surface area contributed by atoms with Crippen LogP contribution in [0.5, 0.6) is 0 Å². The standard InChI is InChI=1S/C19H17N5OS/c1-3-16(25-7-1)19-20-9-13-11-24(6-5-15(13)22-19)12-14-10-21-23-18(14)17-4-2-8-26-17/h1-4,7-10H,5-6,11-12H2,(H,21,23). The molecular formula is C19H17N5OS. The van der Waals surface area contributed by atoms with Crippen LogP contribution in [-0.2, 0) is 19.5 Å². The number of H-pyrrole nitrogens is 1. The lowest BCUT2D eigenvalue weighted by atomic mass is 10.1. The van der Waals surface area contributed by atoms with E-state index in [4.69, 9.17) is 9.40 Å². The summed E-state index contributed by atoms with van der Waals surface area (Å²) >= 11 is 1.73. The molecule has 6 nitrogen and oxygen atoms in total. The van der Waals surface area contributed by atoms with Gasteiger partial charge in [-0.25, -0.2) is 9.97 Å². The Bertz CT molecular complexity index is 1010. The third-order valence-corrected chi connectivity index (χ3v) is 5.52. The van der Waals surface area contributed by atoms with Gasteiger partial charge in [0.1, 0.15) is 0 Å². The molecule has 5 heterocycles. The first kappa shape index (κ1) is 15.5. The fourth-order valence-electron chi connectivity index (χ4n) is 3.34. The van der Waals surface area contributed by atoms with Crippen molar-refractivity contribution in [3.8, 4) is 22.2 Å². The first-order valence-corrected chi connectivity index (χ1v) is 9.42. The van der Waals surface area contributed by atoms with Crippen molar-refractivity contribution in [2.45, 2.75) is 19.5 Å². The van der Waals surface area contributed by atoms with Gasteiger partial charge in [-0.1, -0.05) is 6.07 Å². The van der Waals surface area contributed by atoms with Crippen LogP contribution < -0.4 is 0 Å². The van der Waals surface area contributed by atoms with Gasteiger partial charge in [0.05, 0.1) is 28.7 Å². The lowest BCUT2D eigenvalue weighted by Gasteiger charge is -2.27. The quantitative estimate of drug-likeness (QED) is 0.598. The highest BCUT2D eigenvalue weighted by molar-refractivity contribution is 7.13. The molecule has 1 aliphatic heterocycles. The molecule has 0 unspecified atom stereocenters. The molecule has 0 aliphatic carbocycles. The number of nitrogens with zero attached hydrogens (tertiary/aromatic N) is 4. The van der Waals surface area contributed by atoms with Crippen molar-refractivity contribution in [1.29, 1.82) is 0 Å². The second-order valence-electron chi connectivity index (χ2n) is 6.35. The molecule has 1 N–H and O–H groups in total. The van der Waals surface area contributed by atoms with Crippen molar-refractivity contribution in [1.82, 2.24) is 25.1 Å². The molecule has 4 aromatic rings. The SMILES string of the molecule is c1coc(-c2ncc3c(n2)CCN(Cc2cn[nH]c2-c2cccs2)C3)c1. The monoisotopic (exact) mass is 363 g/mol. The van der Waals surface area contributed by atoms with E-state index in [1.165, 1.54) is 16.0 Å². The van der Waals surface area contributed by atoms with Crippen molar-refractivity contribution in [3.63, 3.8) is 0 Å². The molecule has 0 fully saturated rings. The fraction of sp³-hybridized carbons (Fsp3) is 0.211. The van der Waals surface area contributed by atoms with Gasteiger partial charge in [0.15, 0.2) is 11.6 Å². The molecule has 7 heteroatoms. The highest BCUT2D eigenvalue weighted by Gasteiger charge is 2.21. The molecular weight excluding hydrogens is 346 g/mol. The molecule has 0 aromatic carbocycles. The molecule has 0 bridgehead atoms. The van der Waals surface area contributed by atoms with Crippen molar-refractivity contribution >= 4 is 11.3 Å². The zero-order valence-electron chi connectivity index (χ0n) is 14.1. The molecule has 0 saturated carbocycles. The molecule has 1 aliphatic rings. The molecule has 130 valence electrons. The first-order chi connectivity index (χ1) is 12.9. The topological polar surface area (TPSA) is 70.8 Å². The van der Waals surface area contributed by atoms with Crippen LogP contribution in [0.3, 0.4) is 0 Å². The average molecular weight is 363 g/mol. The van der Waals surface area contributed by atoms with Crippen LogP contribution in [0.25, 0.3) is 22.2 Å². The number of aromatic nitrogens is 4. The predicted molar refractivity (Wildman–Crippen MR) is 99.5 cm³/mol. The highest BCUT2D eigenvalue weighted by Crippen LogP contribution is 2.28. The minimum atomic E-state index is 0.664. The van der Waals surface area contributed by atoms with Crippen LogP contribution >= 0.6 is 11.3 Å². The van der Waals surface area contributed by atoms with E-state index < -0.39 is 0 Å². The maximum absolute atomic E-state index is 5.41. The summed E-state index contributed by atoms with van der Waals surface area (Å²) in [6.45, 7) is 2.68. The van der Waals surface area contributed by atoms with E-state index in [0.717, 1.165) is 37.4 Å². The van der Waals surface area contributed by atoms with E-state index in [9.17, 15) is 0 Å². The Morgan fingerprint density at radius 3 is 3.08 bits per heavy atom. The van der Waals surface area contributed by atoms with E-state index in [1.54, 1.807) is 17.6 Å². The number of hydrogen-bond acceptors (Lipinski definition) is 6. The number of nitrogens with one attached hydrogen (secondary N) is 1. The van der Waals surface area contributed by atoms with Crippen molar-refractivity contribution < 1.29 is 4.42 Å². The number of aromatic amines is 1. The summed E-state index contributed by atoms with van der Waals surface area (Å²) in [5.74, 6) is 1.38. The summed E-state index contributed by atoms with van der Waals surface area (Å²) in [5, 5.41) is 9.47. The maximum Gasteiger partial charge on any atom is 0.195 e. The van der Waals surface area contributed by atoms with Gasteiger partial charge < -0.3 is 4.42 Å². The van der Waals surface area contributed by atoms with E-state index >= 15 is 0 Å². The first-order valence-electron chi connectivity index (χ1n) is 8.54. The minimum absolute atomic E-state index is 0.664. The van der Waals surface area contributed by atoms with Gasteiger partial charge in [-0.2, -0.15) is 5.10 Å². The van der Waals surface area contributed by atoms with Gasteiger partial charge in [0.2, 0.25) is 0 Å². The molecule has 0 spiro atoms. The molecule has 5 rings (SSSR count). The van der Waals surface area contributed by atoms with Crippen molar-refractivity contribution in [2.24, 2.45) is 0 Å². The Morgan fingerprint density at radius 2 is 2.23 bits per heavy atom. The lowest BCUT2D eigenvalue weighted by molar-refractivity contribution is 0.243. The van der Waals surface area contributed by atoms with E-state index in [1.807, 2.05) is 24.5 Å². The van der Waals surface area contributed by atoms with E-state index in [2.05, 4.69) is 37.6 Å². The normalized spacial score (nSPS) is 14.5. The number of furan rings is 1. The van der Waals surface area contributed by atoms with Crippen molar-refractivity contribution in [3.05, 3.63) is 65.1 Å². The largest absolute Gasteiger partial charge is 0.461 e. The van der Waals surface area contributed by atoms with Crippen LogP contribution in [0.1, 0.15) is 16.8 Å². The van der Waals surface area contributed by atoms with Gasteiger partial charge in [0.25, 0.3) is 0 Å². The number of thiophene rings is 1. The summed E-state index contributed by atoms with van der Waals surface area (Å²) in [6.07, 6.45) is 6.43. The zero-order chi connectivity index (χ0) is 17.3. The number of rotatable bonds is 4. The number of fused-ring (bicyclic) bond motifs is 1. The number of hydrogen-bond donors (Lipinski definition) is 1. The van der Waals surface area contributed by atoms with Crippen molar-refractivity contribution in [2.75, 3.05) is 6.54 Å². The Morgan fingerprint density at radius 1 is 1.23 bits per heavy atom. The summed E-state index contributed by atoms with van der Waals surface area (Å²) in [7, 11) is 0. The summed E-state index contributed by atoms with van der Waals surface area (Å²) in [4.78, 5) is 12.8. The summed E-state index contributed by atoms with van der Waals surface area (Å²) in [6, 6.07) is 7.94. The smallest absolute Gasteiger partial charge is 0.195 e. The molecule has 26 heavy (non-hydrogen) atoms. The second-order valence-corrected chi connectivity index (χ2v) is 7.30. The molecule has 0 amide bonds. The van der Waals surface area contributed by atoms with Gasteiger partial charge in [-0.3, -0.25) is 10.00 Å². The van der Waals surface area contributed by atoms with Gasteiger partial charge in [-0.15, -0.1) is 11.3 Å². The Kier molecular flexibility index (Phi) is 3.88. The zero-order valence-corrected chi connectivity index (χ0v) is 14.9. The Labute approximate surface area is 154 Å². The van der Waals surface area contributed by atoms with Crippen LogP contribution in [-0.4, -0.2) is 31.6 Å². The van der Waals surface area contributed by atoms with Crippen LogP contribution in [0, 0.1) is 0 Å². The Hall–Kier alpha value is -2.77. The fourth-order valence-corrected chi connectivity index (χ4v) is 4.10.